The Hall–Kier alpha value is -2.58. The standard InChI is InChI=1S/C18H22F12O4.C10H9F5/c1-4-12(2,3)11(31)34-10-6-8(13(32,15(19,20)21)16(22,23)24)5-9(7-10)14(33,17(25,26)27)18(28,29)30;1-3-4(2)5-6(11)8(13)10(15)9(14)7(5)12/h8-10,32-33H,4-7H2,1-3H3;4H,3H2,1-2H3. The second kappa shape index (κ2) is 14.6. The number of carbonyl (C=O) groups is 1. The van der Waals surface area contributed by atoms with Crippen LogP contribution in [0.25, 0.3) is 0 Å². The van der Waals surface area contributed by atoms with Crippen molar-refractivity contribution in [3.63, 3.8) is 0 Å². The molecule has 1 aromatic rings. The molecular weight excluding hydrogens is 723 g/mol. The van der Waals surface area contributed by atoms with E-state index in [9.17, 15) is 89.6 Å². The van der Waals surface area contributed by atoms with Gasteiger partial charge in [-0.05, 0) is 51.9 Å². The van der Waals surface area contributed by atoms with Crippen molar-refractivity contribution in [2.75, 3.05) is 0 Å². The summed E-state index contributed by atoms with van der Waals surface area (Å²) in [5, 5.41) is 19.2. The number of aliphatic hydroxyl groups is 2. The van der Waals surface area contributed by atoms with Crippen molar-refractivity contribution in [2.45, 2.75) is 115 Å². The Labute approximate surface area is 267 Å². The van der Waals surface area contributed by atoms with Gasteiger partial charge in [0.05, 0.1) is 5.41 Å². The highest BCUT2D eigenvalue weighted by atomic mass is 19.4. The summed E-state index contributed by atoms with van der Waals surface area (Å²) in [6.45, 7) is 6.82. The van der Waals surface area contributed by atoms with Crippen LogP contribution in [0.5, 0.6) is 0 Å². The van der Waals surface area contributed by atoms with Gasteiger partial charge in [0.25, 0.3) is 11.2 Å². The Morgan fingerprint density at radius 2 is 0.959 bits per heavy atom. The minimum Gasteiger partial charge on any atom is -0.462 e. The van der Waals surface area contributed by atoms with Gasteiger partial charge >= 0.3 is 30.7 Å². The van der Waals surface area contributed by atoms with Crippen LogP contribution >= 0.6 is 0 Å². The molecule has 286 valence electrons. The first kappa shape index (κ1) is 44.4. The van der Waals surface area contributed by atoms with Gasteiger partial charge in [-0.3, -0.25) is 4.79 Å². The van der Waals surface area contributed by atoms with Gasteiger partial charge in [-0.2, -0.15) is 52.7 Å². The Balaban J connectivity index is 0.000000663. The number of benzene rings is 1. The molecule has 1 saturated carbocycles. The average Bonchev–Trinajstić information content (AvgIpc) is 2.95. The quantitative estimate of drug-likeness (QED) is 0.126. The van der Waals surface area contributed by atoms with Gasteiger partial charge < -0.3 is 14.9 Å². The zero-order valence-electron chi connectivity index (χ0n) is 26.0. The molecule has 0 saturated heterocycles. The molecule has 0 aliphatic heterocycles. The molecule has 0 amide bonds. The number of halogens is 17. The predicted octanol–water partition coefficient (Wildman–Crippen LogP) is 9.36. The molecule has 0 radical (unpaired) electrons. The maximum absolute atomic E-state index is 13.3. The molecule has 2 N–H and O–H groups in total. The number of esters is 1. The van der Waals surface area contributed by atoms with Crippen LogP contribution in [0.15, 0.2) is 0 Å². The lowest BCUT2D eigenvalue weighted by atomic mass is 9.65. The first-order valence-corrected chi connectivity index (χ1v) is 14.1. The van der Waals surface area contributed by atoms with Crippen LogP contribution in [0.2, 0.25) is 0 Å². The third kappa shape index (κ3) is 8.49. The van der Waals surface area contributed by atoms with E-state index in [0.717, 1.165) is 0 Å². The topological polar surface area (TPSA) is 66.8 Å². The molecule has 0 spiro atoms. The van der Waals surface area contributed by atoms with Gasteiger partial charge in [0, 0.05) is 17.4 Å². The van der Waals surface area contributed by atoms with Gasteiger partial charge in [0.1, 0.15) is 6.10 Å². The molecule has 2 rings (SSSR count). The van der Waals surface area contributed by atoms with Crippen molar-refractivity contribution in [3.8, 4) is 0 Å². The van der Waals surface area contributed by atoms with E-state index in [1.807, 2.05) is 0 Å². The largest absolute Gasteiger partial charge is 0.462 e. The molecule has 1 aromatic carbocycles. The fourth-order valence-corrected chi connectivity index (χ4v) is 5.01. The van der Waals surface area contributed by atoms with Crippen molar-refractivity contribution in [3.05, 3.63) is 34.6 Å². The summed E-state index contributed by atoms with van der Waals surface area (Å²) in [6.07, 6.45) is -33.7. The zero-order chi connectivity index (χ0) is 39.1. The zero-order valence-corrected chi connectivity index (χ0v) is 26.0. The lowest BCUT2D eigenvalue weighted by molar-refractivity contribution is -0.405. The van der Waals surface area contributed by atoms with Gasteiger partial charge in [-0.25, -0.2) is 22.0 Å². The van der Waals surface area contributed by atoms with Crippen molar-refractivity contribution >= 4 is 5.97 Å². The van der Waals surface area contributed by atoms with E-state index in [-0.39, 0.29) is 6.42 Å². The van der Waals surface area contributed by atoms with E-state index in [2.05, 4.69) is 0 Å². The molecule has 1 aliphatic carbocycles. The predicted molar refractivity (Wildman–Crippen MR) is 134 cm³/mol. The minimum absolute atomic E-state index is 0.0184. The van der Waals surface area contributed by atoms with E-state index in [4.69, 9.17) is 4.74 Å². The summed E-state index contributed by atoms with van der Waals surface area (Å²) in [5.74, 6) is -18.1. The average molecular weight is 755 g/mol. The molecule has 3 unspecified atom stereocenters. The third-order valence-electron chi connectivity index (χ3n) is 8.63. The summed E-state index contributed by atoms with van der Waals surface area (Å²) < 4.78 is 229. The number of carbonyl (C=O) groups excluding carboxylic acids is 1. The van der Waals surface area contributed by atoms with E-state index in [1.165, 1.54) is 27.7 Å². The summed E-state index contributed by atoms with van der Waals surface area (Å²) in [4.78, 5) is 12.2. The van der Waals surface area contributed by atoms with Crippen molar-refractivity contribution < 1.29 is 94.4 Å². The first-order valence-electron chi connectivity index (χ1n) is 14.1. The van der Waals surface area contributed by atoms with Gasteiger partial charge in [0.2, 0.25) is 5.82 Å². The lowest BCUT2D eigenvalue weighted by Crippen LogP contribution is -2.67. The fourth-order valence-electron chi connectivity index (χ4n) is 5.01. The summed E-state index contributed by atoms with van der Waals surface area (Å²) >= 11 is 0. The van der Waals surface area contributed by atoms with Crippen LogP contribution in [0.1, 0.15) is 78.2 Å². The number of ether oxygens (including phenoxy) is 1. The molecule has 0 heterocycles. The van der Waals surface area contributed by atoms with E-state index in [0.29, 0.717) is 6.42 Å². The van der Waals surface area contributed by atoms with Crippen LogP contribution in [0, 0.1) is 46.3 Å². The number of hydrogen-bond donors (Lipinski definition) is 2. The first-order chi connectivity index (χ1) is 21.7. The summed E-state index contributed by atoms with van der Waals surface area (Å²) in [5.41, 5.74) is -13.7. The second-order valence-electron chi connectivity index (χ2n) is 12.2. The Kier molecular flexibility index (Phi) is 13.2. The highest BCUT2D eigenvalue weighted by Gasteiger charge is 2.78. The Morgan fingerprint density at radius 3 is 1.22 bits per heavy atom. The lowest BCUT2D eigenvalue weighted by Gasteiger charge is -2.48. The molecule has 1 aliphatic rings. The SMILES string of the molecule is CCC(C)(C)C(=O)OC1CC(C(O)(C(F)(F)F)C(F)(F)F)CC(C(O)(C(F)(F)F)C(F)(F)F)C1.CCC(C)c1c(F)c(F)c(F)c(F)c1F. The van der Waals surface area contributed by atoms with Crippen LogP contribution in [0.3, 0.4) is 0 Å². The molecule has 4 nitrogen and oxygen atoms in total. The van der Waals surface area contributed by atoms with Gasteiger partial charge in [-0.1, -0.05) is 20.8 Å². The van der Waals surface area contributed by atoms with Crippen molar-refractivity contribution in [1.29, 1.82) is 0 Å². The van der Waals surface area contributed by atoms with Gasteiger partial charge in [0.15, 0.2) is 23.3 Å². The van der Waals surface area contributed by atoms with Crippen LogP contribution in [0.4, 0.5) is 74.6 Å². The fraction of sp³-hybridized carbons (Fsp3) is 0.750. The van der Waals surface area contributed by atoms with Gasteiger partial charge in [-0.15, -0.1) is 0 Å². The molecule has 0 aromatic heterocycles. The van der Waals surface area contributed by atoms with E-state index >= 15 is 0 Å². The van der Waals surface area contributed by atoms with E-state index < -0.39 is 125 Å². The maximum Gasteiger partial charge on any atom is 0.426 e. The van der Waals surface area contributed by atoms with Crippen LogP contribution in [-0.2, 0) is 9.53 Å². The number of alkyl halides is 12. The molecule has 1 fully saturated rings. The third-order valence-corrected chi connectivity index (χ3v) is 8.63. The smallest absolute Gasteiger partial charge is 0.426 e. The second-order valence-corrected chi connectivity index (χ2v) is 12.2. The molecular formula is C28H31F17O4. The molecule has 3 atom stereocenters. The normalized spacial score (nSPS) is 20.8. The van der Waals surface area contributed by atoms with E-state index in [1.54, 1.807) is 6.92 Å². The van der Waals surface area contributed by atoms with Crippen molar-refractivity contribution in [2.24, 2.45) is 17.3 Å². The molecule has 0 bridgehead atoms. The number of hydrogen-bond acceptors (Lipinski definition) is 4. The van der Waals surface area contributed by atoms with Crippen LogP contribution in [-0.4, -0.2) is 58.2 Å². The maximum atomic E-state index is 13.3. The molecule has 49 heavy (non-hydrogen) atoms. The summed E-state index contributed by atoms with van der Waals surface area (Å²) in [7, 11) is 0. The Bertz CT molecular complexity index is 1210. The number of rotatable bonds is 7. The molecule has 21 heteroatoms. The highest BCUT2D eigenvalue weighted by molar-refractivity contribution is 5.76. The van der Waals surface area contributed by atoms with Crippen molar-refractivity contribution in [1.82, 2.24) is 0 Å². The summed E-state index contributed by atoms with van der Waals surface area (Å²) in [6, 6.07) is 0. The van der Waals surface area contributed by atoms with Crippen LogP contribution < -0.4 is 0 Å². The highest BCUT2D eigenvalue weighted by Crippen LogP contribution is 2.58. The monoisotopic (exact) mass is 754 g/mol. The minimum atomic E-state index is -6.58. The Morgan fingerprint density at radius 1 is 0.653 bits per heavy atom.